The quantitative estimate of drug-likeness (QED) is 0.277. The number of aryl methyl sites for hydroxylation is 2. The van der Waals surface area contributed by atoms with Crippen LogP contribution in [0.1, 0.15) is 37.0 Å². The Bertz CT molecular complexity index is 1720. The maximum Gasteiger partial charge on any atom is 0.276 e. The Hall–Kier alpha value is -4.63. The molecule has 2 N–H and O–H groups in total. The molecule has 4 heterocycles. The van der Waals surface area contributed by atoms with Crippen molar-refractivity contribution in [3.05, 3.63) is 106 Å². The number of nitrogens with zero attached hydrogens (tertiary/aromatic N) is 3. The zero-order valence-corrected chi connectivity index (χ0v) is 22.1. The first-order valence-electron chi connectivity index (χ1n) is 12.5. The average Bonchev–Trinajstić information content (AvgIpc) is 3.54. The van der Waals surface area contributed by atoms with Crippen LogP contribution >= 0.6 is 11.3 Å². The van der Waals surface area contributed by atoms with Crippen molar-refractivity contribution in [2.45, 2.75) is 20.3 Å². The van der Waals surface area contributed by atoms with Gasteiger partial charge < -0.3 is 10.2 Å². The van der Waals surface area contributed by atoms with Crippen LogP contribution in [0, 0.1) is 19.7 Å². The number of rotatable bonds is 4. The van der Waals surface area contributed by atoms with E-state index in [9.17, 15) is 14.0 Å². The summed E-state index contributed by atoms with van der Waals surface area (Å²) in [5.74, 6) is -1.03. The van der Waals surface area contributed by atoms with E-state index in [1.807, 2.05) is 49.4 Å². The summed E-state index contributed by atoms with van der Waals surface area (Å²) in [6.07, 6.45) is 2.26. The van der Waals surface area contributed by atoms with Crippen molar-refractivity contribution in [3.63, 3.8) is 0 Å². The van der Waals surface area contributed by atoms with Gasteiger partial charge in [-0.25, -0.2) is 9.37 Å². The summed E-state index contributed by atoms with van der Waals surface area (Å²) >= 11 is 1.34. The van der Waals surface area contributed by atoms with Gasteiger partial charge in [-0.2, -0.15) is 5.10 Å². The maximum absolute atomic E-state index is 14.3. The Kier molecular flexibility index (Phi) is 6.28. The molecule has 9 heteroatoms. The number of pyridine rings is 1. The monoisotopic (exact) mass is 537 g/mol. The number of aromatic nitrogens is 3. The second kappa shape index (κ2) is 9.92. The number of benzene rings is 2. The molecule has 7 nitrogen and oxygen atoms in total. The largest absolute Gasteiger partial charge is 0.319 e. The lowest BCUT2D eigenvalue weighted by Crippen LogP contribution is -2.33. The number of hydrogen-bond donors (Lipinski definition) is 2. The summed E-state index contributed by atoms with van der Waals surface area (Å²) in [6.45, 7) is 4.09. The molecular weight excluding hydrogens is 513 g/mol. The molecule has 194 valence electrons. The van der Waals surface area contributed by atoms with Crippen LogP contribution in [0.2, 0.25) is 0 Å². The molecule has 0 aliphatic carbocycles. The second-order valence-corrected chi connectivity index (χ2v) is 10.4. The Morgan fingerprint density at radius 1 is 1.03 bits per heavy atom. The molecule has 5 aromatic rings. The number of H-pyrrole nitrogens is 1. The van der Waals surface area contributed by atoms with Crippen molar-refractivity contribution < 1.29 is 14.0 Å². The van der Waals surface area contributed by atoms with E-state index in [2.05, 4.69) is 20.5 Å². The third kappa shape index (κ3) is 4.51. The highest BCUT2D eigenvalue weighted by atomic mass is 32.1. The normalized spacial score (nSPS) is 12.4. The van der Waals surface area contributed by atoms with Crippen LogP contribution in [0.5, 0.6) is 0 Å². The molecule has 6 rings (SSSR count). The number of fused-ring (bicyclic) bond motifs is 3. The van der Waals surface area contributed by atoms with Gasteiger partial charge in [0.15, 0.2) is 0 Å². The SMILES string of the molecule is Cc1cccc(F)c1NC(=O)c1cc2c(s1)-c1ccccc1N(C(=O)c1cccc(-c3cn[nH]c3C)n1)CC2. The van der Waals surface area contributed by atoms with Gasteiger partial charge in [0.1, 0.15) is 11.5 Å². The highest BCUT2D eigenvalue weighted by Gasteiger charge is 2.28. The number of thiophene rings is 1. The summed E-state index contributed by atoms with van der Waals surface area (Å²) in [5, 5.41) is 9.70. The Morgan fingerprint density at radius 2 is 1.85 bits per heavy atom. The molecule has 0 fully saturated rings. The second-order valence-electron chi connectivity index (χ2n) is 9.39. The third-order valence-electron chi connectivity index (χ3n) is 6.86. The van der Waals surface area contributed by atoms with Gasteiger partial charge in [0.2, 0.25) is 0 Å². The number of halogens is 1. The number of carbonyl (C=O) groups is 2. The average molecular weight is 538 g/mol. The van der Waals surface area contributed by atoms with Gasteiger partial charge in [0, 0.05) is 28.2 Å². The standard InChI is InChI=1S/C30H24FN5O2S/c1-17-7-5-9-22(31)27(17)34-29(37)26-15-19-13-14-36(25-12-4-3-8-20(25)28(19)39-26)30(38)24-11-6-10-23(33-24)21-16-32-35-18(21)2/h3-12,15-16H,13-14H2,1-2H3,(H,32,35)(H,34,37). The van der Waals surface area contributed by atoms with E-state index in [-0.39, 0.29) is 17.5 Å². The zero-order chi connectivity index (χ0) is 27.1. The first-order chi connectivity index (χ1) is 18.9. The molecule has 3 aromatic heterocycles. The van der Waals surface area contributed by atoms with Crippen molar-refractivity contribution in [2.24, 2.45) is 0 Å². The van der Waals surface area contributed by atoms with Crippen molar-refractivity contribution >= 4 is 34.5 Å². The molecule has 0 atom stereocenters. The van der Waals surface area contributed by atoms with Crippen molar-refractivity contribution in [3.8, 4) is 21.7 Å². The Labute approximate surface area is 228 Å². The number of para-hydroxylation sites is 2. The molecule has 0 spiro atoms. The van der Waals surface area contributed by atoms with Gasteiger partial charge in [0.05, 0.1) is 28.1 Å². The number of amides is 2. The fourth-order valence-electron chi connectivity index (χ4n) is 4.84. The molecule has 0 saturated heterocycles. The van der Waals surface area contributed by atoms with E-state index in [1.165, 1.54) is 17.4 Å². The first-order valence-corrected chi connectivity index (χ1v) is 13.3. The van der Waals surface area contributed by atoms with Crippen molar-refractivity contribution in [2.75, 3.05) is 16.8 Å². The maximum atomic E-state index is 14.3. The lowest BCUT2D eigenvalue weighted by Gasteiger charge is -2.22. The molecular formula is C30H24FN5O2S. The summed E-state index contributed by atoms with van der Waals surface area (Å²) in [7, 11) is 0. The minimum atomic E-state index is -0.471. The number of carbonyl (C=O) groups excluding carboxylic acids is 2. The van der Waals surface area contributed by atoms with Crippen LogP contribution < -0.4 is 10.2 Å². The number of anilines is 2. The summed E-state index contributed by atoms with van der Waals surface area (Å²) in [5.41, 5.74) is 6.17. The van der Waals surface area contributed by atoms with Crippen LogP contribution in [-0.4, -0.2) is 33.5 Å². The summed E-state index contributed by atoms with van der Waals surface area (Å²) in [4.78, 5) is 34.7. The van der Waals surface area contributed by atoms with Crippen molar-refractivity contribution in [1.82, 2.24) is 15.2 Å². The van der Waals surface area contributed by atoms with Crippen LogP contribution in [0.3, 0.4) is 0 Å². The molecule has 2 amide bonds. The van der Waals surface area contributed by atoms with Gasteiger partial charge in [-0.05, 0) is 61.7 Å². The molecule has 1 aliphatic heterocycles. The fourth-order valence-corrected chi connectivity index (χ4v) is 5.97. The Balaban J connectivity index is 1.32. The fraction of sp³-hybridized carbons (Fsp3) is 0.133. The number of aromatic amines is 1. The van der Waals surface area contributed by atoms with E-state index in [1.54, 1.807) is 36.2 Å². The minimum Gasteiger partial charge on any atom is -0.319 e. The highest BCUT2D eigenvalue weighted by Crippen LogP contribution is 2.42. The molecule has 0 radical (unpaired) electrons. The third-order valence-corrected chi connectivity index (χ3v) is 8.07. The van der Waals surface area contributed by atoms with Gasteiger partial charge in [0.25, 0.3) is 11.8 Å². The molecule has 2 aromatic carbocycles. The zero-order valence-electron chi connectivity index (χ0n) is 21.3. The topological polar surface area (TPSA) is 91.0 Å². The van der Waals surface area contributed by atoms with E-state index in [4.69, 9.17) is 0 Å². The first kappa shape index (κ1) is 24.7. The molecule has 0 bridgehead atoms. The van der Waals surface area contributed by atoms with Gasteiger partial charge in [-0.3, -0.25) is 14.7 Å². The lowest BCUT2D eigenvalue weighted by molar-refractivity contribution is 0.0981. The van der Waals surface area contributed by atoms with Gasteiger partial charge in [-0.15, -0.1) is 11.3 Å². The van der Waals surface area contributed by atoms with E-state index < -0.39 is 5.82 Å². The molecule has 39 heavy (non-hydrogen) atoms. The van der Waals surface area contributed by atoms with Gasteiger partial charge >= 0.3 is 0 Å². The lowest BCUT2D eigenvalue weighted by atomic mass is 10.1. The van der Waals surface area contributed by atoms with E-state index in [0.29, 0.717) is 34.8 Å². The van der Waals surface area contributed by atoms with Crippen LogP contribution in [0.4, 0.5) is 15.8 Å². The highest BCUT2D eigenvalue weighted by molar-refractivity contribution is 7.17. The van der Waals surface area contributed by atoms with Crippen LogP contribution in [0.15, 0.2) is 72.9 Å². The predicted molar refractivity (Wildman–Crippen MR) is 151 cm³/mol. The molecule has 1 aliphatic rings. The number of hydrogen-bond acceptors (Lipinski definition) is 5. The van der Waals surface area contributed by atoms with Crippen LogP contribution in [-0.2, 0) is 6.42 Å². The smallest absolute Gasteiger partial charge is 0.276 e. The van der Waals surface area contributed by atoms with Gasteiger partial charge in [-0.1, -0.05) is 36.4 Å². The van der Waals surface area contributed by atoms with Crippen molar-refractivity contribution in [1.29, 1.82) is 0 Å². The number of nitrogens with one attached hydrogen (secondary N) is 2. The van der Waals surface area contributed by atoms with E-state index in [0.717, 1.165) is 32.9 Å². The predicted octanol–water partition coefficient (Wildman–Crippen LogP) is 6.41. The summed E-state index contributed by atoms with van der Waals surface area (Å²) < 4.78 is 14.3. The summed E-state index contributed by atoms with van der Waals surface area (Å²) in [6, 6.07) is 19.6. The van der Waals surface area contributed by atoms with Crippen LogP contribution in [0.25, 0.3) is 21.7 Å². The van der Waals surface area contributed by atoms with E-state index >= 15 is 0 Å². The molecule has 0 unspecified atom stereocenters. The molecule has 0 saturated carbocycles. The Morgan fingerprint density at radius 3 is 2.64 bits per heavy atom. The minimum absolute atomic E-state index is 0.184.